The van der Waals surface area contributed by atoms with Gasteiger partial charge >= 0.3 is 5.97 Å². The Morgan fingerprint density at radius 3 is 2.70 bits per heavy atom. The van der Waals surface area contributed by atoms with Crippen LogP contribution in [0, 0.1) is 3.57 Å². The van der Waals surface area contributed by atoms with Gasteiger partial charge in [-0.3, -0.25) is 9.59 Å². The van der Waals surface area contributed by atoms with Crippen LogP contribution < -0.4 is 10.6 Å². The summed E-state index contributed by atoms with van der Waals surface area (Å²) in [6.07, 6.45) is 0.165. The summed E-state index contributed by atoms with van der Waals surface area (Å²) in [5.41, 5.74) is 1.32. The zero-order valence-corrected chi connectivity index (χ0v) is 14.0. The van der Waals surface area contributed by atoms with Crippen LogP contribution >= 0.6 is 22.6 Å². The number of esters is 1. The van der Waals surface area contributed by atoms with Crippen molar-refractivity contribution in [1.29, 1.82) is 0 Å². The second kappa shape index (κ2) is 8.08. The lowest BCUT2D eigenvalue weighted by atomic mass is 10.1. The number of carbonyl (C=O) groups excluding carboxylic acids is 2. The van der Waals surface area contributed by atoms with Crippen LogP contribution in [0.3, 0.4) is 0 Å². The fourth-order valence-electron chi connectivity index (χ4n) is 1.74. The van der Waals surface area contributed by atoms with E-state index in [1.165, 1.54) is 0 Å². The Labute approximate surface area is 132 Å². The van der Waals surface area contributed by atoms with Gasteiger partial charge in [-0.1, -0.05) is 0 Å². The maximum Gasteiger partial charge on any atom is 0.307 e. The summed E-state index contributed by atoms with van der Waals surface area (Å²) in [5, 5.41) is 5.79. The Morgan fingerprint density at radius 2 is 2.10 bits per heavy atom. The van der Waals surface area contributed by atoms with Crippen molar-refractivity contribution >= 4 is 40.2 Å². The molecule has 0 fully saturated rings. The molecule has 0 heterocycles. The summed E-state index contributed by atoms with van der Waals surface area (Å²) in [4.78, 5) is 23.6. The van der Waals surface area contributed by atoms with E-state index < -0.39 is 0 Å². The second-order valence-corrected chi connectivity index (χ2v) is 5.57. The van der Waals surface area contributed by atoms with Gasteiger partial charge < -0.3 is 15.4 Å². The molecular formula is C14H19IN2O3. The van der Waals surface area contributed by atoms with Crippen molar-refractivity contribution < 1.29 is 14.3 Å². The van der Waals surface area contributed by atoms with Crippen LogP contribution in [0.5, 0.6) is 0 Å². The van der Waals surface area contributed by atoms with Gasteiger partial charge in [0.25, 0.3) is 5.91 Å². The average Bonchev–Trinajstić information content (AvgIpc) is 2.38. The lowest BCUT2D eigenvalue weighted by Crippen LogP contribution is -2.35. The number of nitrogens with one attached hydrogen (secondary N) is 2. The molecule has 1 rings (SSSR count). The van der Waals surface area contributed by atoms with E-state index >= 15 is 0 Å². The van der Waals surface area contributed by atoms with E-state index in [4.69, 9.17) is 4.74 Å². The van der Waals surface area contributed by atoms with Gasteiger partial charge in [-0.15, -0.1) is 0 Å². The van der Waals surface area contributed by atoms with Crippen LogP contribution in [0.15, 0.2) is 18.2 Å². The van der Waals surface area contributed by atoms with E-state index in [2.05, 4.69) is 33.2 Å². The van der Waals surface area contributed by atoms with E-state index in [0.29, 0.717) is 12.2 Å². The zero-order valence-electron chi connectivity index (χ0n) is 11.8. The lowest BCUT2D eigenvalue weighted by molar-refractivity contribution is -0.143. The molecule has 6 heteroatoms. The van der Waals surface area contributed by atoms with Crippen molar-refractivity contribution in [2.24, 2.45) is 0 Å². The number of carbonyl (C=O) groups is 2. The van der Waals surface area contributed by atoms with E-state index in [1.807, 2.05) is 12.1 Å². The Hall–Kier alpha value is -1.31. The van der Waals surface area contributed by atoms with E-state index in [9.17, 15) is 9.59 Å². The van der Waals surface area contributed by atoms with Crippen molar-refractivity contribution in [1.82, 2.24) is 5.32 Å². The van der Waals surface area contributed by atoms with E-state index in [-0.39, 0.29) is 24.3 Å². The number of rotatable bonds is 6. The molecule has 0 aliphatic rings. The summed E-state index contributed by atoms with van der Waals surface area (Å²) in [6, 6.07) is 5.31. The summed E-state index contributed by atoms with van der Waals surface area (Å²) in [7, 11) is 1.76. The molecule has 20 heavy (non-hydrogen) atoms. The number of hydrogen-bond donors (Lipinski definition) is 2. The first kappa shape index (κ1) is 16.7. The van der Waals surface area contributed by atoms with Gasteiger partial charge in [-0.25, -0.2) is 0 Å². The highest BCUT2D eigenvalue weighted by atomic mass is 127. The molecular weight excluding hydrogens is 371 g/mol. The smallest absolute Gasteiger partial charge is 0.307 e. The average molecular weight is 390 g/mol. The zero-order chi connectivity index (χ0) is 15.1. The Balaban J connectivity index is 2.71. The van der Waals surface area contributed by atoms with Gasteiger partial charge in [0.05, 0.1) is 18.6 Å². The Morgan fingerprint density at radius 1 is 1.40 bits per heavy atom. The fraction of sp³-hybridized carbons (Fsp3) is 0.429. The standard InChI is InChI=1S/C14H19IN2O3/c1-4-20-13(18)7-9(2)17-14(19)11-8-10(15)5-6-12(11)16-3/h5-6,8-9,16H,4,7H2,1-3H3,(H,17,19)/t9-/m0/s1. The molecule has 1 aromatic rings. The van der Waals surface area contributed by atoms with Crippen LogP contribution in [0.4, 0.5) is 5.69 Å². The van der Waals surface area contributed by atoms with Gasteiger partial charge in [-0.2, -0.15) is 0 Å². The Bertz CT molecular complexity index is 491. The number of amides is 1. The normalized spacial score (nSPS) is 11.6. The highest BCUT2D eigenvalue weighted by Gasteiger charge is 2.16. The predicted octanol–water partition coefficient (Wildman–Crippen LogP) is 2.40. The topological polar surface area (TPSA) is 67.4 Å². The molecule has 1 amide bonds. The van der Waals surface area contributed by atoms with E-state index in [1.54, 1.807) is 27.0 Å². The number of anilines is 1. The molecule has 0 bridgehead atoms. The van der Waals surface area contributed by atoms with Crippen molar-refractivity contribution in [2.75, 3.05) is 19.0 Å². The number of benzene rings is 1. The molecule has 0 radical (unpaired) electrons. The first-order chi connectivity index (χ1) is 9.47. The first-order valence-electron chi connectivity index (χ1n) is 6.41. The van der Waals surface area contributed by atoms with Crippen LogP contribution in [-0.4, -0.2) is 31.6 Å². The molecule has 5 nitrogen and oxygen atoms in total. The van der Waals surface area contributed by atoms with Crippen LogP contribution in [0.2, 0.25) is 0 Å². The van der Waals surface area contributed by atoms with Gasteiger partial charge in [0, 0.05) is 22.3 Å². The number of halogens is 1. The SMILES string of the molecule is CCOC(=O)C[C@H](C)NC(=O)c1cc(I)ccc1NC. The molecule has 0 saturated heterocycles. The van der Waals surface area contributed by atoms with Crippen LogP contribution in [-0.2, 0) is 9.53 Å². The second-order valence-electron chi connectivity index (χ2n) is 4.32. The molecule has 0 aliphatic carbocycles. The largest absolute Gasteiger partial charge is 0.466 e. The fourth-order valence-corrected chi connectivity index (χ4v) is 2.24. The van der Waals surface area contributed by atoms with Crippen molar-refractivity contribution in [3.8, 4) is 0 Å². The molecule has 1 aromatic carbocycles. The van der Waals surface area contributed by atoms with Gasteiger partial charge in [0.15, 0.2) is 0 Å². The minimum absolute atomic E-state index is 0.165. The number of ether oxygens (including phenoxy) is 1. The van der Waals surface area contributed by atoms with Gasteiger partial charge in [0.2, 0.25) is 0 Å². The van der Waals surface area contributed by atoms with Crippen molar-refractivity contribution in [2.45, 2.75) is 26.3 Å². The van der Waals surface area contributed by atoms with Crippen molar-refractivity contribution in [3.05, 3.63) is 27.3 Å². The third kappa shape index (κ3) is 4.99. The monoisotopic (exact) mass is 390 g/mol. The van der Waals surface area contributed by atoms with Gasteiger partial charge in [0.1, 0.15) is 0 Å². The highest BCUT2D eigenvalue weighted by Crippen LogP contribution is 2.18. The molecule has 0 aliphatic heterocycles. The minimum atomic E-state index is -0.309. The summed E-state index contributed by atoms with van der Waals surface area (Å²) < 4.78 is 5.84. The van der Waals surface area contributed by atoms with Gasteiger partial charge in [-0.05, 0) is 54.6 Å². The quantitative estimate of drug-likeness (QED) is 0.579. The number of hydrogen-bond acceptors (Lipinski definition) is 4. The third-order valence-corrected chi connectivity index (χ3v) is 3.32. The Kier molecular flexibility index (Phi) is 6.77. The lowest BCUT2D eigenvalue weighted by Gasteiger charge is -2.15. The molecule has 2 N–H and O–H groups in total. The molecule has 0 saturated carbocycles. The van der Waals surface area contributed by atoms with E-state index in [0.717, 1.165) is 9.26 Å². The maximum atomic E-state index is 12.2. The third-order valence-electron chi connectivity index (χ3n) is 2.65. The summed E-state index contributed by atoms with van der Waals surface area (Å²) in [6.45, 7) is 3.88. The van der Waals surface area contributed by atoms with Crippen LogP contribution in [0.25, 0.3) is 0 Å². The molecule has 0 spiro atoms. The molecule has 0 unspecified atom stereocenters. The summed E-state index contributed by atoms with van der Waals surface area (Å²) >= 11 is 2.15. The first-order valence-corrected chi connectivity index (χ1v) is 7.49. The minimum Gasteiger partial charge on any atom is -0.466 e. The summed E-state index contributed by atoms with van der Waals surface area (Å²) in [5.74, 6) is -0.513. The highest BCUT2D eigenvalue weighted by molar-refractivity contribution is 14.1. The van der Waals surface area contributed by atoms with Crippen LogP contribution in [0.1, 0.15) is 30.6 Å². The molecule has 110 valence electrons. The molecule has 0 aromatic heterocycles. The maximum absolute atomic E-state index is 12.2. The van der Waals surface area contributed by atoms with Crippen molar-refractivity contribution in [3.63, 3.8) is 0 Å². The predicted molar refractivity (Wildman–Crippen MR) is 86.9 cm³/mol. The molecule has 1 atom stereocenters.